The van der Waals surface area contributed by atoms with E-state index in [1.54, 1.807) is 4.57 Å². The van der Waals surface area contributed by atoms with Crippen molar-refractivity contribution in [3.05, 3.63) is 40.5 Å². The molecule has 28 heavy (non-hydrogen) atoms. The minimum Gasteiger partial charge on any atom is -0.355 e. The van der Waals surface area contributed by atoms with Gasteiger partial charge in [0.1, 0.15) is 5.49 Å². The first kappa shape index (κ1) is 20.1. The number of amides is 1. The van der Waals surface area contributed by atoms with E-state index in [-0.39, 0.29) is 11.7 Å². The second-order valence-corrected chi connectivity index (χ2v) is 7.83. The van der Waals surface area contributed by atoms with Crippen LogP contribution in [-0.2, 0) is 4.79 Å². The Hall–Kier alpha value is -2.61. The molecule has 148 valence electrons. The summed E-state index contributed by atoms with van der Waals surface area (Å²) in [5, 5.41) is 20.1. The monoisotopic (exact) mass is 398 g/mol. The number of H-pyrrole nitrogens is 1. The number of aromatic nitrogens is 4. The lowest BCUT2D eigenvalue weighted by molar-refractivity contribution is -0.118. The smallest absolute Gasteiger partial charge is 0.230 e. The van der Waals surface area contributed by atoms with E-state index >= 15 is 0 Å². The first-order valence-electron chi connectivity index (χ1n) is 9.41. The average Bonchev–Trinajstić information content (AvgIpc) is 3.04. The van der Waals surface area contributed by atoms with Crippen LogP contribution in [0.15, 0.2) is 23.4 Å². The maximum atomic E-state index is 12.2. The first-order chi connectivity index (χ1) is 13.4. The van der Waals surface area contributed by atoms with Gasteiger partial charge in [-0.1, -0.05) is 31.2 Å². The molecule has 0 aliphatic heterocycles. The SMILES string of the molecule is CCCCNC(=O)CSc1nc2n[nH]c(C)c2c(=N)n1-c1ccc(C)c(C)c1. The van der Waals surface area contributed by atoms with Crippen LogP contribution in [0, 0.1) is 26.2 Å². The summed E-state index contributed by atoms with van der Waals surface area (Å²) in [4.78, 5) is 16.8. The molecule has 0 bridgehead atoms. The minimum absolute atomic E-state index is 0.0308. The zero-order valence-electron chi connectivity index (χ0n) is 16.7. The quantitative estimate of drug-likeness (QED) is 0.323. The lowest BCUT2D eigenvalue weighted by Crippen LogP contribution is -2.27. The highest BCUT2D eigenvalue weighted by atomic mass is 32.2. The van der Waals surface area contributed by atoms with E-state index < -0.39 is 0 Å². The van der Waals surface area contributed by atoms with Gasteiger partial charge in [-0.3, -0.25) is 19.9 Å². The molecule has 0 aliphatic carbocycles. The number of benzene rings is 1. The Morgan fingerprint density at radius 2 is 2.07 bits per heavy atom. The molecule has 3 N–H and O–H groups in total. The van der Waals surface area contributed by atoms with Crippen LogP contribution in [0.5, 0.6) is 0 Å². The summed E-state index contributed by atoms with van der Waals surface area (Å²) in [7, 11) is 0. The predicted molar refractivity (Wildman–Crippen MR) is 112 cm³/mol. The van der Waals surface area contributed by atoms with Crippen molar-refractivity contribution in [1.29, 1.82) is 5.41 Å². The zero-order valence-corrected chi connectivity index (χ0v) is 17.5. The zero-order chi connectivity index (χ0) is 20.3. The third-order valence-electron chi connectivity index (χ3n) is 4.71. The van der Waals surface area contributed by atoms with E-state index in [4.69, 9.17) is 5.41 Å². The Labute approximate surface area is 168 Å². The molecule has 0 atom stereocenters. The van der Waals surface area contributed by atoms with Crippen molar-refractivity contribution >= 4 is 28.7 Å². The van der Waals surface area contributed by atoms with Crippen LogP contribution in [0.25, 0.3) is 16.7 Å². The highest BCUT2D eigenvalue weighted by Gasteiger charge is 2.16. The van der Waals surface area contributed by atoms with Crippen molar-refractivity contribution in [2.75, 3.05) is 12.3 Å². The molecule has 7 nitrogen and oxygen atoms in total. The van der Waals surface area contributed by atoms with Crippen molar-refractivity contribution in [3.63, 3.8) is 0 Å². The molecular formula is C20H26N6OS. The lowest BCUT2D eigenvalue weighted by Gasteiger charge is -2.14. The second-order valence-electron chi connectivity index (χ2n) is 6.89. The minimum atomic E-state index is -0.0308. The van der Waals surface area contributed by atoms with Gasteiger partial charge in [0.2, 0.25) is 5.91 Å². The lowest BCUT2D eigenvalue weighted by atomic mass is 10.1. The number of rotatable bonds is 7. The van der Waals surface area contributed by atoms with Gasteiger partial charge in [0.05, 0.1) is 11.1 Å². The highest BCUT2D eigenvalue weighted by molar-refractivity contribution is 7.99. The number of nitrogens with zero attached hydrogens (tertiary/aromatic N) is 3. The van der Waals surface area contributed by atoms with Gasteiger partial charge in [-0.25, -0.2) is 4.98 Å². The van der Waals surface area contributed by atoms with Gasteiger partial charge in [-0.05, 0) is 50.5 Å². The van der Waals surface area contributed by atoms with Gasteiger partial charge >= 0.3 is 0 Å². The normalized spacial score (nSPS) is 11.1. The standard InChI is InChI=1S/C20H26N6OS/c1-5-6-9-22-16(27)11-28-20-23-19-17(14(4)24-25-19)18(21)26(20)15-8-7-12(2)13(3)10-15/h7-8,10,21H,5-6,9,11H2,1-4H3,(H,22,27)(H,24,25). The van der Waals surface area contributed by atoms with Gasteiger partial charge in [-0.15, -0.1) is 0 Å². The summed E-state index contributed by atoms with van der Waals surface area (Å²) in [6, 6.07) is 6.06. The number of aryl methyl sites for hydroxylation is 3. The summed E-state index contributed by atoms with van der Waals surface area (Å²) in [6.45, 7) is 8.76. The van der Waals surface area contributed by atoms with Crippen molar-refractivity contribution in [1.82, 2.24) is 25.1 Å². The van der Waals surface area contributed by atoms with Gasteiger partial charge in [-0.2, -0.15) is 5.10 Å². The summed E-state index contributed by atoms with van der Waals surface area (Å²) in [6.07, 6.45) is 2.01. The largest absolute Gasteiger partial charge is 0.355 e. The molecule has 3 rings (SSSR count). The molecule has 0 saturated heterocycles. The van der Waals surface area contributed by atoms with Crippen LogP contribution < -0.4 is 10.8 Å². The second kappa shape index (κ2) is 8.60. The molecule has 2 aromatic heterocycles. The Morgan fingerprint density at radius 1 is 1.29 bits per heavy atom. The van der Waals surface area contributed by atoms with Crippen LogP contribution >= 0.6 is 11.8 Å². The first-order valence-corrected chi connectivity index (χ1v) is 10.4. The fourth-order valence-electron chi connectivity index (χ4n) is 2.92. The number of unbranched alkanes of at least 4 members (excludes halogenated alkanes) is 1. The van der Waals surface area contributed by atoms with Crippen molar-refractivity contribution in [2.45, 2.75) is 45.7 Å². The third kappa shape index (κ3) is 4.11. The van der Waals surface area contributed by atoms with Crippen molar-refractivity contribution < 1.29 is 4.79 Å². The third-order valence-corrected chi connectivity index (χ3v) is 5.65. The number of fused-ring (bicyclic) bond motifs is 1. The summed E-state index contributed by atoms with van der Waals surface area (Å²) >= 11 is 1.32. The fourth-order valence-corrected chi connectivity index (χ4v) is 3.75. The van der Waals surface area contributed by atoms with Gasteiger partial charge in [0.25, 0.3) is 0 Å². The molecule has 1 amide bonds. The number of hydrogen-bond donors (Lipinski definition) is 3. The molecule has 0 spiro atoms. The Kier molecular flexibility index (Phi) is 6.18. The van der Waals surface area contributed by atoms with Gasteiger partial charge in [0.15, 0.2) is 10.8 Å². The Bertz CT molecular complexity index is 1070. The van der Waals surface area contributed by atoms with E-state index in [0.717, 1.165) is 29.8 Å². The number of thioether (sulfide) groups is 1. The summed E-state index contributed by atoms with van der Waals surface area (Å²) in [5.41, 5.74) is 4.80. The predicted octanol–water partition coefficient (Wildman–Crippen LogP) is 3.16. The number of carbonyl (C=O) groups excluding carboxylic acids is 1. The topological polar surface area (TPSA) is 99.5 Å². The Balaban J connectivity index is 2.01. The maximum Gasteiger partial charge on any atom is 0.230 e. The molecule has 0 unspecified atom stereocenters. The van der Waals surface area contributed by atoms with E-state index in [2.05, 4.69) is 34.3 Å². The maximum absolute atomic E-state index is 12.2. The van der Waals surface area contributed by atoms with Gasteiger partial charge in [0, 0.05) is 17.9 Å². The number of aromatic amines is 1. The van der Waals surface area contributed by atoms with E-state index in [1.807, 2.05) is 32.0 Å². The van der Waals surface area contributed by atoms with Crippen LogP contribution in [0.4, 0.5) is 0 Å². The van der Waals surface area contributed by atoms with Crippen LogP contribution in [0.2, 0.25) is 0 Å². The van der Waals surface area contributed by atoms with Crippen LogP contribution in [0.3, 0.4) is 0 Å². The molecular weight excluding hydrogens is 372 g/mol. The fraction of sp³-hybridized carbons (Fsp3) is 0.400. The van der Waals surface area contributed by atoms with E-state index in [0.29, 0.717) is 28.2 Å². The summed E-state index contributed by atoms with van der Waals surface area (Å²) in [5.74, 6) is 0.215. The van der Waals surface area contributed by atoms with Crippen molar-refractivity contribution in [2.24, 2.45) is 0 Å². The molecule has 0 radical (unpaired) electrons. The molecule has 1 aromatic carbocycles. The molecule has 8 heteroatoms. The average molecular weight is 399 g/mol. The van der Waals surface area contributed by atoms with Crippen LogP contribution in [0.1, 0.15) is 36.6 Å². The van der Waals surface area contributed by atoms with Gasteiger partial charge < -0.3 is 5.32 Å². The molecule has 0 aliphatic rings. The summed E-state index contributed by atoms with van der Waals surface area (Å²) < 4.78 is 1.79. The van der Waals surface area contributed by atoms with Crippen molar-refractivity contribution in [3.8, 4) is 5.69 Å². The number of nitrogens with one attached hydrogen (secondary N) is 3. The van der Waals surface area contributed by atoms with E-state index in [1.165, 1.54) is 17.3 Å². The van der Waals surface area contributed by atoms with E-state index in [9.17, 15) is 4.79 Å². The molecule has 2 heterocycles. The molecule has 0 fully saturated rings. The number of hydrogen-bond acceptors (Lipinski definition) is 5. The highest BCUT2D eigenvalue weighted by Crippen LogP contribution is 2.22. The molecule has 0 saturated carbocycles. The molecule has 3 aromatic rings. The Morgan fingerprint density at radius 3 is 2.79 bits per heavy atom. The number of carbonyl (C=O) groups is 1. The van der Waals surface area contributed by atoms with Crippen LogP contribution in [-0.4, -0.2) is 38.0 Å².